The van der Waals surface area contributed by atoms with Crippen LogP contribution in [0.4, 0.5) is 0 Å². The first kappa shape index (κ1) is 20.9. The molecule has 0 saturated carbocycles. The Bertz CT molecular complexity index is 738. The fourth-order valence-corrected chi connectivity index (χ4v) is 5.67. The van der Waals surface area contributed by atoms with Crippen molar-refractivity contribution in [2.24, 2.45) is 5.92 Å². The van der Waals surface area contributed by atoms with Gasteiger partial charge in [-0.15, -0.1) is 0 Å². The molecule has 2 rings (SSSR count). The Hall–Kier alpha value is -1.44. The van der Waals surface area contributed by atoms with E-state index in [-0.39, 0.29) is 24.4 Å². The molecule has 1 fully saturated rings. The van der Waals surface area contributed by atoms with E-state index in [9.17, 15) is 13.2 Å². The minimum absolute atomic E-state index is 0.0962. The Labute approximate surface area is 157 Å². The highest BCUT2D eigenvalue weighted by molar-refractivity contribution is 7.89. The predicted octanol–water partition coefficient (Wildman–Crippen LogP) is 2.16. The van der Waals surface area contributed by atoms with Gasteiger partial charge in [-0.1, -0.05) is 17.7 Å². The van der Waals surface area contributed by atoms with Gasteiger partial charge in [-0.3, -0.25) is 4.79 Å². The second-order valence-electron chi connectivity index (χ2n) is 7.30. The summed E-state index contributed by atoms with van der Waals surface area (Å²) < 4.78 is 32.9. The van der Waals surface area contributed by atoms with E-state index in [1.54, 1.807) is 7.11 Å². The van der Waals surface area contributed by atoms with Crippen LogP contribution >= 0.6 is 0 Å². The van der Waals surface area contributed by atoms with Gasteiger partial charge in [0.1, 0.15) is 0 Å². The summed E-state index contributed by atoms with van der Waals surface area (Å²) in [7, 11) is -2.03. The van der Waals surface area contributed by atoms with Crippen LogP contribution in [0.5, 0.6) is 0 Å². The summed E-state index contributed by atoms with van der Waals surface area (Å²) in [6, 6.07) is 3.68. The molecular formula is C19H30N2O4S. The number of rotatable bonds is 6. The molecule has 0 bridgehead atoms. The van der Waals surface area contributed by atoms with Crippen molar-refractivity contribution in [1.82, 2.24) is 9.62 Å². The SMILES string of the molecule is COC[C@@H](C)NC(=O)[C@H]1CCCN(S(=O)(=O)c2c(C)cc(C)cc2C)C1. The van der Waals surface area contributed by atoms with E-state index in [0.29, 0.717) is 30.9 Å². The third-order valence-corrected chi connectivity index (χ3v) is 6.93. The quantitative estimate of drug-likeness (QED) is 0.818. The molecule has 26 heavy (non-hydrogen) atoms. The number of piperidine rings is 1. The minimum Gasteiger partial charge on any atom is -0.383 e. The fourth-order valence-electron chi connectivity index (χ4n) is 3.73. The fraction of sp³-hybridized carbons (Fsp3) is 0.632. The van der Waals surface area contributed by atoms with E-state index in [1.165, 1.54) is 4.31 Å². The molecule has 0 spiro atoms. The van der Waals surface area contributed by atoms with Crippen molar-refractivity contribution in [1.29, 1.82) is 0 Å². The molecule has 2 atom stereocenters. The zero-order valence-electron chi connectivity index (χ0n) is 16.3. The van der Waals surface area contributed by atoms with Crippen molar-refractivity contribution in [3.05, 3.63) is 28.8 Å². The van der Waals surface area contributed by atoms with Gasteiger partial charge in [0, 0.05) is 26.2 Å². The van der Waals surface area contributed by atoms with Gasteiger partial charge in [-0.2, -0.15) is 4.31 Å². The molecule has 146 valence electrons. The highest BCUT2D eigenvalue weighted by Gasteiger charge is 2.35. The Morgan fingerprint density at radius 2 is 1.92 bits per heavy atom. The van der Waals surface area contributed by atoms with Crippen molar-refractivity contribution in [3.8, 4) is 0 Å². The number of amides is 1. The minimum atomic E-state index is -3.62. The number of methoxy groups -OCH3 is 1. The molecule has 1 aromatic carbocycles. The lowest BCUT2D eigenvalue weighted by Crippen LogP contribution is -2.47. The van der Waals surface area contributed by atoms with Crippen LogP contribution in [0.1, 0.15) is 36.5 Å². The first-order valence-corrected chi connectivity index (χ1v) is 10.5. The summed E-state index contributed by atoms with van der Waals surface area (Å²) in [6.45, 7) is 8.59. The van der Waals surface area contributed by atoms with Gasteiger partial charge in [0.05, 0.1) is 17.4 Å². The lowest BCUT2D eigenvalue weighted by molar-refractivity contribution is -0.127. The lowest BCUT2D eigenvalue weighted by atomic mass is 9.98. The molecule has 7 heteroatoms. The molecule has 1 N–H and O–H groups in total. The van der Waals surface area contributed by atoms with E-state index in [1.807, 2.05) is 39.8 Å². The number of carbonyl (C=O) groups is 1. The maximum Gasteiger partial charge on any atom is 0.243 e. The molecule has 1 amide bonds. The highest BCUT2D eigenvalue weighted by atomic mass is 32.2. The van der Waals surface area contributed by atoms with Crippen molar-refractivity contribution in [2.45, 2.75) is 51.5 Å². The molecule has 6 nitrogen and oxygen atoms in total. The summed E-state index contributed by atoms with van der Waals surface area (Å²) in [5.74, 6) is -0.435. The number of hydrogen-bond acceptors (Lipinski definition) is 4. The zero-order valence-corrected chi connectivity index (χ0v) is 17.1. The van der Waals surface area contributed by atoms with Gasteiger partial charge in [-0.25, -0.2) is 8.42 Å². The first-order chi connectivity index (χ1) is 12.2. The van der Waals surface area contributed by atoms with Crippen LogP contribution in [0.15, 0.2) is 17.0 Å². The highest BCUT2D eigenvalue weighted by Crippen LogP contribution is 2.28. The van der Waals surface area contributed by atoms with Gasteiger partial charge in [-0.05, 0) is 51.7 Å². The third kappa shape index (κ3) is 4.64. The van der Waals surface area contributed by atoms with Crippen molar-refractivity contribution in [2.75, 3.05) is 26.8 Å². The molecule has 0 unspecified atom stereocenters. The van der Waals surface area contributed by atoms with Crippen LogP contribution < -0.4 is 5.32 Å². The van der Waals surface area contributed by atoms with Crippen LogP contribution in [-0.4, -0.2) is 51.5 Å². The maximum absolute atomic E-state index is 13.2. The van der Waals surface area contributed by atoms with Crippen molar-refractivity contribution < 1.29 is 17.9 Å². The number of aryl methyl sites for hydroxylation is 3. The van der Waals surface area contributed by atoms with Crippen LogP contribution in [0.3, 0.4) is 0 Å². The number of nitrogens with zero attached hydrogens (tertiary/aromatic N) is 1. The average Bonchev–Trinajstić information content (AvgIpc) is 2.53. The summed E-state index contributed by atoms with van der Waals surface area (Å²) in [5, 5.41) is 2.91. The summed E-state index contributed by atoms with van der Waals surface area (Å²) in [4.78, 5) is 12.9. The molecule has 0 aliphatic carbocycles. The number of carbonyl (C=O) groups excluding carboxylic acids is 1. The Balaban J connectivity index is 2.19. The second-order valence-corrected chi connectivity index (χ2v) is 9.17. The van der Waals surface area contributed by atoms with Gasteiger partial charge in [0.25, 0.3) is 0 Å². The molecule has 1 aromatic rings. The Morgan fingerprint density at radius 3 is 2.50 bits per heavy atom. The van der Waals surface area contributed by atoms with E-state index < -0.39 is 10.0 Å². The summed E-state index contributed by atoms with van der Waals surface area (Å²) >= 11 is 0. The molecule has 0 radical (unpaired) electrons. The third-order valence-electron chi connectivity index (χ3n) is 4.76. The predicted molar refractivity (Wildman–Crippen MR) is 102 cm³/mol. The Kier molecular flexibility index (Phi) is 6.82. The lowest BCUT2D eigenvalue weighted by Gasteiger charge is -2.32. The van der Waals surface area contributed by atoms with Gasteiger partial charge < -0.3 is 10.1 Å². The van der Waals surface area contributed by atoms with Gasteiger partial charge in [0.15, 0.2) is 0 Å². The topological polar surface area (TPSA) is 75.7 Å². The van der Waals surface area contributed by atoms with E-state index in [4.69, 9.17) is 4.74 Å². The monoisotopic (exact) mass is 382 g/mol. The number of ether oxygens (including phenoxy) is 1. The Morgan fingerprint density at radius 1 is 1.31 bits per heavy atom. The maximum atomic E-state index is 13.2. The van der Waals surface area contributed by atoms with Crippen LogP contribution in [0, 0.1) is 26.7 Å². The van der Waals surface area contributed by atoms with Gasteiger partial charge >= 0.3 is 0 Å². The van der Waals surface area contributed by atoms with E-state index in [2.05, 4.69) is 5.32 Å². The zero-order chi connectivity index (χ0) is 19.5. The van der Waals surface area contributed by atoms with E-state index >= 15 is 0 Å². The molecule has 1 aliphatic heterocycles. The number of nitrogens with one attached hydrogen (secondary N) is 1. The molecular weight excluding hydrogens is 352 g/mol. The molecule has 1 aliphatic rings. The average molecular weight is 383 g/mol. The molecule has 1 saturated heterocycles. The van der Waals surface area contributed by atoms with E-state index in [0.717, 1.165) is 16.7 Å². The number of hydrogen-bond donors (Lipinski definition) is 1. The standard InChI is InChI=1S/C19H30N2O4S/c1-13-9-14(2)18(15(3)10-13)26(23,24)21-8-6-7-17(11-21)19(22)20-16(4)12-25-5/h9-10,16-17H,6-8,11-12H2,1-5H3,(H,20,22)/t16-,17+/m1/s1. The largest absolute Gasteiger partial charge is 0.383 e. The number of sulfonamides is 1. The summed E-state index contributed by atoms with van der Waals surface area (Å²) in [5.41, 5.74) is 2.55. The molecule has 1 heterocycles. The number of benzene rings is 1. The van der Waals surface area contributed by atoms with Crippen LogP contribution in [-0.2, 0) is 19.6 Å². The normalized spacial score (nSPS) is 20.0. The second kappa shape index (κ2) is 8.50. The van der Waals surface area contributed by atoms with Crippen molar-refractivity contribution >= 4 is 15.9 Å². The van der Waals surface area contributed by atoms with Crippen molar-refractivity contribution in [3.63, 3.8) is 0 Å². The smallest absolute Gasteiger partial charge is 0.243 e. The van der Waals surface area contributed by atoms with Gasteiger partial charge in [0.2, 0.25) is 15.9 Å². The summed E-state index contributed by atoms with van der Waals surface area (Å²) in [6.07, 6.45) is 1.38. The van der Waals surface area contributed by atoms with Crippen LogP contribution in [0.25, 0.3) is 0 Å². The van der Waals surface area contributed by atoms with Crippen LogP contribution in [0.2, 0.25) is 0 Å². The first-order valence-electron chi connectivity index (χ1n) is 9.04. The molecule has 0 aromatic heterocycles.